The van der Waals surface area contributed by atoms with Crippen molar-refractivity contribution in [1.29, 1.82) is 0 Å². The van der Waals surface area contributed by atoms with Crippen molar-refractivity contribution in [3.63, 3.8) is 0 Å². The molecule has 7 heteroatoms. The number of hydrogen-bond donors (Lipinski definition) is 2. The Balaban J connectivity index is 1.63. The average Bonchev–Trinajstić information content (AvgIpc) is 3.15. The summed E-state index contributed by atoms with van der Waals surface area (Å²) in [7, 11) is -3.39. The lowest BCUT2D eigenvalue weighted by molar-refractivity contribution is -0.111. The molecule has 0 atom stereocenters. The number of sulfonamides is 1. The van der Waals surface area contributed by atoms with Crippen LogP contribution in [0.2, 0.25) is 0 Å². The van der Waals surface area contributed by atoms with Crippen LogP contribution in [0.25, 0.3) is 6.08 Å². The Labute approximate surface area is 172 Å². The summed E-state index contributed by atoms with van der Waals surface area (Å²) in [5, 5.41) is 2.75. The largest absolute Gasteiger partial charge is 0.490 e. The third kappa shape index (κ3) is 6.64. The van der Waals surface area contributed by atoms with Gasteiger partial charge in [-0.3, -0.25) is 9.52 Å². The van der Waals surface area contributed by atoms with Gasteiger partial charge in [-0.05, 0) is 74.1 Å². The van der Waals surface area contributed by atoms with Gasteiger partial charge in [-0.25, -0.2) is 8.42 Å². The Bertz CT molecular complexity index is 1010. The first-order valence-electron chi connectivity index (χ1n) is 9.63. The first-order valence-corrected chi connectivity index (χ1v) is 11.5. The number of aryl methyl sites for hydroxylation is 1. The minimum Gasteiger partial charge on any atom is -0.490 e. The smallest absolute Gasteiger partial charge is 0.248 e. The topological polar surface area (TPSA) is 84.5 Å². The third-order valence-electron chi connectivity index (χ3n) is 4.69. The number of amides is 1. The molecule has 6 nitrogen and oxygen atoms in total. The maximum atomic E-state index is 12.3. The van der Waals surface area contributed by atoms with E-state index in [2.05, 4.69) is 10.0 Å². The van der Waals surface area contributed by atoms with Crippen LogP contribution in [-0.2, 0) is 14.8 Å². The van der Waals surface area contributed by atoms with Crippen LogP contribution in [0.4, 0.5) is 11.4 Å². The molecule has 2 aromatic rings. The summed E-state index contributed by atoms with van der Waals surface area (Å²) >= 11 is 0. The lowest BCUT2D eigenvalue weighted by Crippen LogP contribution is -2.12. The highest BCUT2D eigenvalue weighted by molar-refractivity contribution is 7.92. The molecule has 1 amide bonds. The van der Waals surface area contributed by atoms with E-state index >= 15 is 0 Å². The molecule has 0 unspecified atom stereocenters. The molecule has 0 heterocycles. The fourth-order valence-corrected chi connectivity index (χ4v) is 3.87. The van der Waals surface area contributed by atoms with Gasteiger partial charge in [0.25, 0.3) is 0 Å². The molecule has 0 aliphatic heterocycles. The molecule has 1 saturated carbocycles. The first-order chi connectivity index (χ1) is 13.8. The van der Waals surface area contributed by atoms with Crippen LogP contribution < -0.4 is 14.8 Å². The number of hydrogen-bond acceptors (Lipinski definition) is 4. The van der Waals surface area contributed by atoms with Crippen molar-refractivity contribution in [3.05, 3.63) is 59.7 Å². The number of ether oxygens (including phenoxy) is 1. The fourth-order valence-electron chi connectivity index (χ4n) is 3.26. The molecule has 29 heavy (non-hydrogen) atoms. The molecule has 1 aliphatic carbocycles. The molecular weight excluding hydrogens is 388 g/mol. The summed E-state index contributed by atoms with van der Waals surface area (Å²) in [5.41, 5.74) is 2.59. The third-order valence-corrected chi connectivity index (χ3v) is 5.28. The zero-order valence-electron chi connectivity index (χ0n) is 16.6. The quantitative estimate of drug-likeness (QED) is 0.660. The lowest BCUT2D eigenvalue weighted by atomic mass is 10.2. The highest BCUT2D eigenvalue weighted by atomic mass is 32.2. The maximum absolute atomic E-state index is 12.3. The van der Waals surface area contributed by atoms with Gasteiger partial charge < -0.3 is 10.1 Å². The second-order valence-electron chi connectivity index (χ2n) is 7.32. The van der Waals surface area contributed by atoms with Crippen molar-refractivity contribution in [3.8, 4) is 5.75 Å². The zero-order chi connectivity index (χ0) is 20.9. The van der Waals surface area contributed by atoms with E-state index in [9.17, 15) is 13.2 Å². The second-order valence-corrected chi connectivity index (χ2v) is 9.07. The molecule has 0 aromatic heterocycles. The Morgan fingerprint density at radius 2 is 1.90 bits per heavy atom. The van der Waals surface area contributed by atoms with Gasteiger partial charge in [0.05, 0.1) is 18.0 Å². The van der Waals surface area contributed by atoms with Crippen molar-refractivity contribution in [2.24, 2.45) is 0 Å². The van der Waals surface area contributed by atoms with Gasteiger partial charge in [-0.2, -0.15) is 0 Å². The van der Waals surface area contributed by atoms with Crippen molar-refractivity contribution in [1.82, 2.24) is 0 Å². The van der Waals surface area contributed by atoms with Crippen LogP contribution in [0.3, 0.4) is 0 Å². The summed E-state index contributed by atoms with van der Waals surface area (Å²) in [6.07, 6.45) is 9.15. The van der Waals surface area contributed by atoms with E-state index in [-0.39, 0.29) is 12.0 Å². The molecule has 154 valence electrons. The molecule has 0 radical (unpaired) electrons. The summed E-state index contributed by atoms with van der Waals surface area (Å²) in [5.74, 6) is 0.510. The van der Waals surface area contributed by atoms with Crippen LogP contribution >= 0.6 is 0 Å². The van der Waals surface area contributed by atoms with E-state index in [0.717, 1.165) is 36.0 Å². The van der Waals surface area contributed by atoms with Crippen LogP contribution in [0.15, 0.2) is 48.5 Å². The van der Waals surface area contributed by atoms with E-state index in [1.54, 1.807) is 31.2 Å². The Kier molecular flexibility index (Phi) is 6.59. The summed E-state index contributed by atoms with van der Waals surface area (Å²) in [4.78, 5) is 12.3. The zero-order valence-corrected chi connectivity index (χ0v) is 17.5. The minimum absolute atomic E-state index is 0.286. The normalized spacial score (nSPS) is 14.8. The first kappa shape index (κ1) is 20.9. The van der Waals surface area contributed by atoms with Gasteiger partial charge in [0.2, 0.25) is 15.9 Å². The Morgan fingerprint density at radius 1 is 1.14 bits per heavy atom. The van der Waals surface area contributed by atoms with Gasteiger partial charge in [-0.15, -0.1) is 0 Å². The van der Waals surface area contributed by atoms with E-state index in [1.165, 1.54) is 18.9 Å². The Morgan fingerprint density at radius 3 is 2.62 bits per heavy atom. The van der Waals surface area contributed by atoms with Crippen LogP contribution in [-0.4, -0.2) is 26.7 Å². The van der Waals surface area contributed by atoms with Crippen molar-refractivity contribution in [2.75, 3.05) is 16.3 Å². The van der Waals surface area contributed by atoms with E-state index in [4.69, 9.17) is 4.74 Å². The van der Waals surface area contributed by atoms with E-state index in [1.807, 2.05) is 24.3 Å². The molecule has 1 fully saturated rings. The number of carbonyl (C=O) groups is 1. The number of rotatable bonds is 7. The highest BCUT2D eigenvalue weighted by Gasteiger charge is 2.16. The number of nitrogens with one attached hydrogen (secondary N) is 2. The van der Waals surface area contributed by atoms with Gasteiger partial charge in [0.1, 0.15) is 5.75 Å². The van der Waals surface area contributed by atoms with Gasteiger partial charge in [0.15, 0.2) is 0 Å². The minimum atomic E-state index is -3.39. The summed E-state index contributed by atoms with van der Waals surface area (Å²) < 4.78 is 31.4. The molecular formula is C22H26N2O4S. The van der Waals surface area contributed by atoms with Crippen LogP contribution in [0.5, 0.6) is 5.75 Å². The van der Waals surface area contributed by atoms with E-state index < -0.39 is 10.0 Å². The molecule has 0 bridgehead atoms. The summed E-state index contributed by atoms with van der Waals surface area (Å²) in [6.45, 7) is 1.79. The number of benzene rings is 2. The van der Waals surface area contributed by atoms with Gasteiger partial charge in [-0.1, -0.05) is 18.2 Å². The lowest BCUT2D eigenvalue weighted by Gasteiger charge is -2.13. The molecule has 3 rings (SSSR count). The second kappa shape index (κ2) is 9.13. The van der Waals surface area contributed by atoms with E-state index in [0.29, 0.717) is 11.4 Å². The SMILES string of the molecule is Cc1ccc(NC(=O)C=Cc2cccc(OC3CCCC3)c2)cc1NS(C)(=O)=O. The average molecular weight is 415 g/mol. The Hall–Kier alpha value is -2.80. The molecule has 0 spiro atoms. The predicted molar refractivity (Wildman–Crippen MR) is 117 cm³/mol. The monoisotopic (exact) mass is 414 g/mol. The molecule has 2 N–H and O–H groups in total. The standard InChI is InChI=1S/C22H26N2O4S/c1-16-10-12-18(15-21(16)24-29(2,26)27)23-22(25)13-11-17-6-5-9-20(14-17)28-19-7-3-4-8-19/h5-6,9-15,19,24H,3-4,7-8H2,1-2H3,(H,23,25). The highest BCUT2D eigenvalue weighted by Crippen LogP contribution is 2.25. The number of carbonyl (C=O) groups excluding carboxylic acids is 1. The maximum Gasteiger partial charge on any atom is 0.248 e. The van der Waals surface area contributed by atoms with Gasteiger partial charge >= 0.3 is 0 Å². The van der Waals surface area contributed by atoms with Crippen molar-refractivity contribution < 1.29 is 17.9 Å². The molecule has 1 aliphatic rings. The van der Waals surface area contributed by atoms with Crippen LogP contribution in [0.1, 0.15) is 36.8 Å². The fraction of sp³-hybridized carbons (Fsp3) is 0.318. The number of anilines is 2. The summed E-state index contributed by atoms with van der Waals surface area (Å²) in [6, 6.07) is 12.7. The van der Waals surface area contributed by atoms with Crippen molar-refractivity contribution >= 4 is 33.4 Å². The molecule has 0 saturated heterocycles. The predicted octanol–water partition coefficient (Wildman–Crippen LogP) is 4.34. The van der Waals surface area contributed by atoms with Crippen LogP contribution in [0, 0.1) is 6.92 Å². The van der Waals surface area contributed by atoms with Gasteiger partial charge in [0, 0.05) is 11.8 Å². The van der Waals surface area contributed by atoms with Crippen molar-refractivity contribution in [2.45, 2.75) is 38.7 Å². The molecule has 2 aromatic carbocycles.